The third kappa shape index (κ3) is 4.25. The minimum Gasteiger partial charge on any atom is -0.469 e. The Morgan fingerprint density at radius 3 is 2.48 bits per heavy atom. The quantitative estimate of drug-likeness (QED) is 0.767. The highest BCUT2D eigenvalue weighted by Gasteiger charge is 2.55. The Bertz CT molecular complexity index is 536. The summed E-state index contributed by atoms with van der Waals surface area (Å²) >= 11 is 0. The summed E-state index contributed by atoms with van der Waals surface area (Å²) < 4.78 is 10.3. The first kappa shape index (κ1) is 19.5. The molecule has 0 aromatic heterocycles. The second kappa shape index (κ2) is 7.62. The first-order chi connectivity index (χ1) is 11.7. The number of nitrogens with one attached hydrogen (secondary N) is 1. The molecule has 2 unspecified atom stereocenters. The number of hydrogen-bond donors (Lipinski definition) is 1. The van der Waals surface area contributed by atoms with E-state index in [1.54, 1.807) is 0 Å². The molecule has 25 heavy (non-hydrogen) atoms. The third-order valence-electron chi connectivity index (χ3n) is 4.92. The Balaban J connectivity index is 2.20. The van der Waals surface area contributed by atoms with Crippen molar-refractivity contribution in [2.75, 3.05) is 7.11 Å². The third-order valence-corrected chi connectivity index (χ3v) is 4.92. The van der Waals surface area contributed by atoms with Gasteiger partial charge in [0, 0.05) is 12.0 Å². The summed E-state index contributed by atoms with van der Waals surface area (Å²) in [4.78, 5) is 30.0. The van der Waals surface area contributed by atoms with Crippen molar-refractivity contribution in [2.24, 2.45) is 22.9 Å². The van der Waals surface area contributed by atoms with Crippen LogP contribution in [0.1, 0.15) is 53.9 Å². The lowest BCUT2D eigenvalue weighted by Gasteiger charge is -2.25. The van der Waals surface area contributed by atoms with Crippen LogP contribution in [0.5, 0.6) is 0 Å². The number of nitrogens with zero attached hydrogens (tertiary/aromatic N) is 1. The summed E-state index contributed by atoms with van der Waals surface area (Å²) in [6.45, 7) is 9.66. The van der Waals surface area contributed by atoms with Crippen LogP contribution in [0.3, 0.4) is 0 Å². The van der Waals surface area contributed by atoms with Gasteiger partial charge >= 0.3 is 12.1 Å². The topological polar surface area (TPSA) is 86.2 Å². The Hall–Kier alpha value is -1.79. The number of ether oxygens (including phenoxy) is 2. The molecule has 142 valence electrons. The van der Waals surface area contributed by atoms with Gasteiger partial charge in [0.2, 0.25) is 0 Å². The van der Waals surface area contributed by atoms with E-state index in [9.17, 15) is 9.59 Å². The molecule has 4 atom stereocenters. The molecule has 2 aliphatic rings. The van der Waals surface area contributed by atoms with E-state index in [1.807, 2.05) is 20.8 Å². The molecule has 1 aliphatic heterocycles. The van der Waals surface area contributed by atoms with Crippen LogP contribution in [0.25, 0.3) is 0 Å². The van der Waals surface area contributed by atoms with Gasteiger partial charge in [-0.1, -0.05) is 19.0 Å². The molecule has 1 heterocycles. The van der Waals surface area contributed by atoms with Gasteiger partial charge in [-0.25, -0.2) is 4.79 Å². The van der Waals surface area contributed by atoms with Gasteiger partial charge in [0.1, 0.15) is 5.60 Å². The number of oxime groups is 1. The highest BCUT2D eigenvalue weighted by Crippen LogP contribution is 2.42. The second-order valence-corrected chi connectivity index (χ2v) is 7.74. The van der Waals surface area contributed by atoms with Gasteiger partial charge in [0.05, 0.1) is 24.7 Å². The molecule has 2 rings (SSSR count). The predicted molar refractivity (Wildman–Crippen MR) is 93.2 cm³/mol. The Morgan fingerprint density at radius 2 is 1.96 bits per heavy atom. The maximum absolute atomic E-state index is 12.2. The first-order valence-electron chi connectivity index (χ1n) is 9.02. The number of esters is 1. The number of methoxy groups -OCH3 is 1. The van der Waals surface area contributed by atoms with Crippen LogP contribution in [-0.2, 0) is 19.1 Å². The van der Waals surface area contributed by atoms with Crippen molar-refractivity contribution in [2.45, 2.75) is 71.6 Å². The molecule has 1 aliphatic carbocycles. The number of alkyl carbamates (subject to hydrolysis) is 1. The van der Waals surface area contributed by atoms with Gasteiger partial charge in [-0.05, 0) is 40.0 Å². The Kier molecular flexibility index (Phi) is 5.95. The molecule has 0 saturated heterocycles. The largest absolute Gasteiger partial charge is 0.469 e. The molecule has 1 N–H and O–H groups in total. The van der Waals surface area contributed by atoms with Crippen LogP contribution >= 0.6 is 0 Å². The molecule has 1 fully saturated rings. The lowest BCUT2D eigenvalue weighted by atomic mass is 9.84. The SMILES string of the molecule is CCC(CC)C1=NO[C@@H]2C(C(=O)OC)CC(NC(=O)OC(C)(C)C)[C@H]12. The summed E-state index contributed by atoms with van der Waals surface area (Å²) in [6, 6.07) is -0.259. The molecule has 1 saturated carbocycles. The molecule has 7 heteroatoms. The highest BCUT2D eigenvalue weighted by atomic mass is 16.6. The van der Waals surface area contributed by atoms with Crippen molar-refractivity contribution < 1.29 is 23.9 Å². The predicted octanol–water partition coefficient (Wildman–Crippen LogP) is 2.88. The number of carbonyl (C=O) groups is 2. The van der Waals surface area contributed by atoms with E-state index in [-0.39, 0.29) is 30.0 Å². The number of hydrogen-bond acceptors (Lipinski definition) is 6. The molecule has 0 radical (unpaired) electrons. The van der Waals surface area contributed by atoms with Crippen LogP contribution in [0, 0.1) is 17.8 Å². The molecule has 0 spiro atoms. The van der Waals surface area contributed by atoms with Crippen molar-refractivity contribution >= 4 is 17.8 Å². The van der Waals surface area contributed by atoms with E-state index in [1.165, 1.54) is 7.11 Å². The Labute approximate surface area is 149 Å². The Morgan fingerprint density at radius 1 is 1.32 bits per heavy atom. The van der Waals surface area contributed by atoms with E-state index in [2.05, 4.69) is 24.3 Å². The molecular weight excluding hydrogens is 324 g/mol. The minimum atomic E-state index is -0.581. The summed E-state index contributed by atoms with van der Waals surface area (Å²) in [7, 11) is 1.36. The standard InChI is InChI=1S/C18H30N2O5/c1-7-10(8-2)14-13-12(19-17(22)24-18(3,4)5)9-11(16(21)23-6)15(13)25-20-14/h10-13,15H,7-9H2,1-6H3,(H,19,22)/t11?,12?,13-,15-/m1/s1. The van der Waals surface area contributed by atoms with Gasteiger partial charge in [-0.3, -0.25) is 4.79 Å². The van der Waals surface area contributed by atoms with Crippen LogP contribution in [0.15, 0.2) is 5.16 Å². The van der Waals surface area contributed by atoms with Crippen LogP contribution in [0.2, 0.25) is 0 Å². The van der Waals surface area contributed by atoms with Crippen molar-refractivity contribution in [1.29, 1.82) is 0 Å². The zero-order valence-corrected chi connectivity index (χ0v) is 16.0. The average Bonchev–Trinajstić information content (AvgIpc) is 3.08. The molecule has 7 nitrogen and oxygen atoms in total. The lowest BCUT2D eigenvalue weighted by Crippen LogP contribution is -2.45. The maximum atomic E-state index is 12.2. The molecule has 0 bridgehead atoms. The van der Waals surface area contributed by atoms with Gasteiger partial charge in [0.25, 0.3) is 0 Å². The number of carbonyl (C=O) groups excluding carboxylic acids is 2. The number of rotatable bonds is 5. The van der Waals surface area contributed by atoms with E-state index in [0.29, 0.717) is 6.42 Å². The molecule has 0 aromatic rings. The molecule has 1 amide bonds. The smallest absolute Gasteiger partial charge is 0.407 e. The van der Waals surface area contributed by atoms with E-state index in [0.717, 1.165) is 18.6 Å². The fourth-order valence-electron chi connectivity index (χ4n) is 3.77. The van der Waals surface area contributed by atoms with Crippen molar-refractivity contribution in [3.8, 4) is 0 Å². The normalized spacial score (nSPS) is 28.2. The number of fused-ring (bicyclic) bond motifs is 1. The van der Waals surface area contributed by atoms with Gasteiger partial charge in [0.15, 0.2) is 6.10 Å². The van der Waals surface area contributed by atoms with Crippen LogP contribution in [-0.4, -0.2) is 42.6 Å². The number of amides is 1. The summed E-state index contributed by atoms with van der Waals surface area (Å²) in [5.74, 6) is -0.620. The van der Waals surface area contributed by atoms with E-state index < -0.39 is 17.6 Å². The van der Waals surface area contributed by atoms with Gasteiger partial charge in [-0.15, -0.1) is 0 Å². The van der Waals surface area contributed by atoms with Crippen LogP contribution in [0.4, 0.5) is 4.79 Å². The summed E-state index contributed by atoms with van der Waals surface area (Å²) in [5, 5.41) is 7.20. The minimum absolute atomic E-state index is 0.124. The van der Waals surface area contributed by atoms with E-state index >= 15 is 0 Å². The fraction of sp³-hybridized carbons (Fsp3) is 0.833. The fourth-order valence-corrected chi connectivity index (χ4v) is 3.77. The van der Waals surface area contributed by atoms with Crippen LogP contribution < -0.4 is 5.32 Å². The maximum Gasteiger partial charge on any atom is 0.407 e. The van der Waals surface area contributed by atoms with Gasteiger partial charge < -0.3 is 19.6 Å². The molecular formula is C18H30N2O5. The molecule has 0 aromatic carbocycles. The monoisotopic (exact) mass is 354 g/mol. The first-order valence-corrected chi connectivity index (χ1v) is 9.02. The van der Waals surface area contributed by atoms with Crippen molar-refractivity contribution in [1.82, 2.24) is 5.32 Å². The van der Waals surface area contributed by atoms with Gasteiger partial charge in [-0.2, -0.15) is 0 Å². The average molecular weight is 354 g/mol. The zero-order valence-electron chi connectivity index (χ0n) is 16.0. The van der Waals surface area contributed by atoms with Crippen molar-refractivity contribution in [3.63, 3.8) is 0 Å². The highest BCUT2D eigenvalue weighted by molar-refractivity contribution is 5.93. The van der Waals surface area contributed by atoms with E-state index in [4.69, 9.17) is 14.3 Å². The summed E-state index contributed by atoms with van der Waals surface area (Å²) in [5.41, 5.74) is 0.352. The second-order valence-electron chi connectivity index (χ2n) is 7.74. The zero-order chi connectivity index (χ0) is 18.8. The van der Waals surface area contributed by atoms with Crippen molar-refractivity contribution in [3.05, 3.63) is 0 Å². The lowest BCUT2D eigenvalue weighted by molar-refractivity contribution is -0.149. The summed E-state index contributed by atoms with van der Waals surface area (Å²) in [6.07, 6.45) is 1.45.